The number of benzene rings is 2. The zero-order chi connectivity index (χ0) is 22.6. The molecule has 172 valence electrons. The lowest BCUT2D eigenvalue weighted by molar-refractivity contribution is -0.133. The fourth-order valence-corrected chi connectivity index (χ4v) is 4.38. The number of rotatable bonds is 11. The van der Waals surface area contributed by atoms with Crippen LogP contribution in [0.3, 0.4) is 0 Å². The summed E-state index contributed by atoms with van der Waals surface area (Å²) in [6, 6.07) is 21.6. The SMILES string of the molecule is O=C(CCCCCCC(=O)N1CCN(C(Cc2ccccc2)c2ccccc2)CC1)NO. The second kappa shape index (κ2) is 13.0. The Bertz CT molecular complexity index is 821. The van der Waals surface area contributed by atoms with Crippen molar-refractivity contribution in [2.24, 2.45) is 0 Å². The Morgan fingerprint density at radius 1 is 0.812 bits per heavy atom. The monoisotopic (exact) mass is 437 g/mol. The first-order valence-electron chi connectivity index (χ1n) is 11.7. The number of piperazine rings is 1. The number of carbonyl (C=O) groups is 2. The van der Waals surface area contributed by atoms with Crippen molar-refractivity contribution in [3.05, 3.63) is 71.8 Å². The van der Waals surface area contributed by atoms with Gasteiger partial charge in [0.1, 0.15) is 0 Å². The molecule has 2 aromatic rings. The lowest BCUT2D eigenvalue weighted by Gasteiger charge is -2.39. The maximum Gasteiger partial charge on any atom is 0.243 e. The van der Waals surface area contributed by atoms with E-state index in [0.717, 1.165) is 58.3 Å². The number of hydrogen-bond donors (Lipinski definition) is 2. The summed E-state index contributed by atoms with van der Waals surface area (Å²) in [6.07, 6.45) is 5.27. The smallest absolute Gasteiger partial charge is 0.243 e. The van der Waals surface area contributed by atoms with Crippen LogP contribution in [0.1, 0.15) is 55.7 Å². The average Bonchev–Trinajstić information content (AvgIpc) is 2.85. The third-order valence-corrected chi connectivity index (χ3v) is 6.23. The first-order valence-corrected chi connectivity index (χ1v) is 11.7. The summed E-state index contributed by atoms with van der Waals surface area (Å²) in [5.74, 6) is -0.114. The van der Waals surface area contributed by atoms with Crippen LogP contribution in [0.2, 0.25) is 0 Å². The molecule has 2 aromatic carbocycles. The molecule has 0 spiro atoms. The van der Waals surface area contributed by atoms with Crippen molar-refractivity contribution in [2.75, 3.05) is 26.2 Å². The molecular formula is C26H35N3O3. The maximum atomic E-state index is 12.6. The molecule has 32 heavy (non-hydrogen) atoms. The van der Waals surface area contributed by atoms with Gasteiger partial charge in [0.25, 0.3) is 0 Å². The van der Waals surface area contributed by atoms with Gasteiger partial charge in [-0.2, -0.15) is 0 Å². The van der Waals surface area contributed by atoms with E-state index in [1.54, 1.807) is 5.48 Å². The molecule has 1 atom stereocenters. The van der Waals surface area contributed by atoms with E-state index in [2.05, 4.69) is 65.6 Å². The number of hydroxylamine groups is 1. The van der Waals surface area contributed by atoms with Crippen LogP contribution in [-0.4, -0.2) is 53.0 Å². The normalized spacial score (nSPS) is 15.3. The Balaban J connectivity index is 1.46. The predicted molar refractivity (Wildman–Crippen MR) is 125 cm³/mol. The van der Waals surface area contributed by atoms with E-state index < -0.39 is 0 Å². The van der Waals surface area contributed by atoms with Crippen LogP contribution in [0.15, 0.2) is 60.7 Å². The van der Waals surface area contributed by atoms with Crippen LogP contribution in [0.4, 0.5) is 0 Å². The molecular weight excluding hydrogens is 402 g/mol. The molecule has 0 bridgehead atoms. The molecule has 0 aliphatic carbocycles. The molecule has 0 aromatic heterocycles. The van der Waals surface area contributed by atoms with Gasteiger partial charge in [-0.3, -0.25) is 19.7 Å². The van der Waals surface area contributed by atoms with Crippen molar-refractivity contribution in [1.29, 1.82) is 0 Å². The van der Waals surface area contributed by atoms with Crippen LogP contribution < -0.4 is 5.48 Å². The molecule has 1 fully saturated rings. The molecule has 3 rings (SSSR count). The summed E-state index contributed by atoms with van der Waals surface area (Å²) in [5, 5.41) is 8.49. The van der Waals surface area contributed by atoms with Crippen molar-refractivity contribution in [2.45, 2.75) is 51.0 Å². The van der Waals surface area contributed by atoms with E-state index in [1.807, 2.05) is 4.90 Å². The summed E-state index contributed by atoms with van der Waals surface area (Å²) >= 11 is 0. The highest BCUT2D eigenvalue weighted by Gasteiger charge is 2.27. The van der Waals surface area contributed by atoms with Crippen molar-refractivity contribution >= 4 is 11.8 Å². The van der Waals surface area contributed by atoms with Gasteiger partial charge < -0.3 is 4.90 Å². The number of carbonyl (C=O) groups excluding carboxylic acids is 2. The van der Waals surface area contributed by atoms with E-state index in [1.165, 1.54) is 11.1 Å². The van der Waals surface area contributed by atoms with Gasteiger partial charge in [-0.25, -0.2) is 5.48 Å². The van der Waals surface area contributed by atoms with Gasteiger partial charge in [-0.05, 0) is 30.4 Å². The summed E-state index contributed by atoms with van der Waals surface area (Å²) < 4.78 is 0. The highest BCUT2D eigenvalue weighted by Crippen LogP contribution is 2.26. The standard InChI is InChI=1S/C26H35N3O3/c30-25(27-32)15-9-1-2-10-16-26(31)29-19-17-28(18-20-29)24(23-13-7-4-8-14-23)21-22-11-5-3-6-12-22/h3-8,11-14,24,32H,1-2,9-10,15-21H2,(H,27,30). The van der Waals surface area contributed by atoms with Crippen LogP contribution in [0, 0.1) is 0 Å². The number of unbranched alkanes of at least 4 members (excludes halogenated alkanes) is 3. The topological polar surface area (TPSA) is 72.9 Å². The molecule has 2 amide bonds. The van der Waals surface area contributed by atoms with E-state index in [4.69, 9.17) is 5.21 Å². The molecule has 0 saturated carbocycles. The molecule has 1 heterocycles. The van der Waals surface area contributed by atoms with Gasteiger partial charge in [0.05, 0.1) is 0 Å². The Morgan fingerprint density at radius 2 is 1.41 bits per heavy atom. The zero-order valence-corrected chi connectivity index (χ0v) is 18.8. The Hall–Kier alpha value is -2.70. The molecule has 1 aliphatic heterocycles. The van der Waals surface area contributed by atoms with Gasteiger partial charge in [-0.1, -0.05) is 73.5 Å². The van der Waals surface area contributed by atoms with Gasteiger partial charge in [0.2, 0.25) is 11.8 Å². The Morgan fingerprint density at radius 3 is 2.03 bits per heavy atom. The maximum absolute atomic E-state index is 12.6. The minimum Gasteiger partial charge on any atom is -0.340 e. The third-order valence-electron chi connectivity index (χ3n) is 6.23. The average molecular weight is 438 g/mol. The van der Waals surface area contributed by atoms with Crippen molar-refractivity contribution < 1.29 is 14.8 Å². The van der Waals surface area contributed by atoms with E-state index >= 15 is 0 Å². The third kappa shape index (κ3) is 7.46. The fraction of sp³-hybridized carbons (Fsp3) is 0.462. The van der Waals surface area contributed by atoms with Crippen LogP contribution in [0.25, 0.3) is 0 Å². The summed E-state index contributed by atoms with van der Waals surface area (Å²) in [7, 11) is 0. The lowest BCUT2D eigenvalue weighted by atomic mass is 9.96. The highest BCUT2D eigenvalue weighted by molar-refractivity contribution is 5.76. The summed E-state index contributed by atoms with van der Waals surface area (Å²) in [6.45, 7) is 3.31. The van der Waals surface area contributed by atoms with E-state index in [-0.39, 0.29) is 11.8 Å². The number of nitrogens with one attached hydrogen (secondary N) is 1. The van der Waals surface area contributed by atoms with Crippen molar-refractivity contribution in [3.63, 3.8) is 0 Å². The first-order chi connectivity index (χ1) is 15.7. The summed E-state index contributed by atoms with van der Waals surface area (Å²) in [5.41, 5.74) is 4.30. The number of hydrogen-bond acceptors (Lipinski definition) is 4. The minimum absolute atomic E-state index is 0.233. The quantitative estimate of drug-likeness (QED) is 0.317. The number of amides is 2. The zero-order valence-electron chi connectivity index (χ0n) is 18.8. The largest absolute Gasteiger partial charge is 0.340 e. The molecule has 0 radical (unpaired) electrons. The van der Waals surface area contributed by atoms with Gasteiger partial charge in [-0.15, -0.1) is 0 Å². The second-order valence-electron chi connectivity index (χ2n) is 8.48. The number of nitrogens with zero attached hydrogens (tertiary/aromatic N) is 2. The van der Waals surface area contributed by atoms with E-state index in [0.29, 0.717) is 18.9 Å². The van der Waals surface area contributed by atoms with Gasteiger partial charge >= 0.3 is 0 Å². The van der Waals surface area contributed by atoms with Crippen LogP contribution in [-0.2, 0) is 16.0 Å². The molecule has 6 nitrogen and oxygen atoms in total. The molecule has 2 N–H and O–H groups in total. The highest BCUT2D eigenvalue weighted by atomic mass is 16.5. The van der Waals surface area contributed by atoms with Crippen molar-refractivity contribution in [1.82, 2.24) is 15.3 Å². The molecule has 1 saturated heterocycles. The fourth-order valence-electron chi connectivity index (χ4n) is 4.38. The van der Waals surface area contributed by atoms with Crippen molar-refractivity contribution in [3.8, 4) is 0 Å². The lowest BCUT2D eigenvalue weighted by Crippen LogP contribution is -2.50. The Labute approximate surface area is 191 Å². The molecule has 6 heteroatoms. The first kappa shape index (κ1) is 24.0. The van der Waals surface area contributed by atoms with Crippen LogP contribution >= 0.6 is 0 Å². The minimum atomic E-state index is -0.347. The summed E-state index contributed by atoms with van der Waals surface area (Å²) in [4.78, 5) is 28.1. The van der Waals surface area contributed by atoms with E-state index in [9.17, 15) is 9.59 Å². The Kier molecular flexibility index (Phi) is 9.72. The van der Waals surface area contributed by atoms with Gasteiger partial charge in [0.15, 0.2) is 0 Å². The molecule has 1 unspecified atom stereocenters. The van der Waals surface area contributed by atoms with Crippen LogP contribution in [0.5, 0.6) is 0 Å². The predicted octanol–water partition coefficient (Wildman–Crippen LogP) is 3.96. The van der Waals surface area contributed by atoms with Gasteiger partial charge in [0, 0.05) is 45.1 Å². The molecule has 1 aliphatic rings. The second-order valence-corrected chi connectivity index (χ2v) is 8.48.